The average molecular weight is 406 g/mol. The third-order valence-electron chi connectivity index (χ3n) is 4.85. The lowest BCUT2D eigenvalue weighted by atomic mass is 10.1. The Balaban J connectivity index is 1.49. The van der Waals surface area contributed by atoms with E-state index in [4.69, 9.17) is 11.6 Å². The molecule has 0 aliphatic rings. The van der Waals surface area contributed by atoms with Gasteiger partial charge in [-0.2, -0.15) is 5.10 Å². The molecule has 1 unspecified atom stereocenters. The van der Waals surface area contributed by atoms with Crippen LogP contribution in [-0.2, 0) is 0 Å². The fraction of sp³-hybridized carbons (Fsp3) is 0.136. The first-order chi connectivity index (χ1) is 14.0. The smallest absolute Gasteiger partial charge is 0.255 e. The molecule has 2 heterocycles. The van der Waals surface area contributed by atoms with Crippen molar-refractivity contribution < 1.29 is 4.79 Å². The van der Waals surface area contributed by atoms with Crippen LogP contribution in [0.2, 0.25) is 5.02 Å². The van der Waals surface area contributed by atoms with Crippen LogP contribution in [0.15, 0.2) is 73.4 Å². The van der Waals surface area contributed by atoms with Gasteiger partial charge in [0.05, 0.1) is 35.5 Å². The maximum Gasteiger partial charge on any atom is 0.255 e. The largest absolute Gasteiger partial charge is 0.345 e. The lowest BCUT2D eigenvalue weighted by molar-refractivity contribution is 0.0939. The lowest BCUT2D eigenvalue weighted by Gasteiger charge is -2.15. The van der Waals surface area contributed by atoms with Gasteiger partial charge in [-0.25, -0.2) is 9.67 Å². The van der Waals surface area contributed by atoms with Gasteiger partial charge < -0.3 is 9.88 Å². The molecule has 0 saturated heterocycles. The second-order valence-electron chi connectivity index (χ2n) is 6.79. The van der Waals surface area contributed by atoms with Crippen LogP contribution in [-0.4, -0.2) is 25.2 Å². The van der Waals surface area contributed by atoms with E-state index < -0.39 is 0 Å². The number of nitrogens with one attached hydrogen (secondary N) is 1. The summed E-state index contributed by atoms with van der Waals surface area (Å²) in [5, 5.41) is 8.02. The van der Waals surface area contributed by atoms with E-state index in [-0.39, 0.29) is 11.9 Å². The SMILES string of the molecule is Cc1c(C(=O)NC(C)c2ccc(-n3ccnc3)cc2)cnn1-c1cccc(Cl)c1. The summed E-state index contributed by atoms with van der Waals surface area (Å²) in [6, 6.07) is 15.2. The molecule has 2 aromatic carbocycles. The summed E-state index contributed by atoms with van der Waals surface area (Å²) < 4.78 is 3.64. The van der Waals surface area contributed by atoms with E-state index in [1.54, 1.807) is 29.5 Å². The zero-order valence-electron chi connectivity index (χ0n) is 16.1. The van der Waals surface area contributed by atoms with Crippen LogP contribution < -0.4 is 5.32 Å². The number of imidazole rings is 1. The highest BCUT2D eigenvalue weighted by Crippen LogP contribution is 2.20. The maximum absolute atomic E-state index is 12.8. The summed E-state index contributed by atoms with van der Waals surface area (Å²) in [5.41, 5.74) is 4.14. The zero-order valence-corrected chi connectivity index (χ0v) is 16.8. The van der Waals surface area contributed by atoms with E-state index >= 15 is 0 Å². The monoisotopic (exact) mass is 405 g/mol. The van der Waals surface area contributed by atoms with Gasteiger partial charge >= 0.3 is 0 Å². The van der Waals surface area contributed by atoms with Crippen LogP contribution in [0.1, 0.15) is 34.6 Å². The van der Waals surface area contributed by atoms with E-state index in [0.29, 0.717) is 10.6 Å². The summed E-state index contributed by atoms with van der Waals surface area (Å²) in [7, 11) is 0. The van der Waals surface area contributed by atoms with Crippen LogP contribution in [0.3, 0.4) is 0 Å². The third-order valence-corrected chi connectivity index (χ3v) is 5.09. The summed E-state index contributed by atoms with van der Waals surface area (Å²) in [5.74, 6) is -0.165. The van der Waals surface area contributed by atoms with E-state index in [1.807, 2.05) is 67.1 Å². The first kappa shape index (κ1) is 19.0. The molecule has 2 aromatic heterocycles. The van der Waals surface area contributed by atoms with Crippen LogP contribution >= 0.6 is 11.6 Å². The Labute approximate surface area is 173 Å². The fourth-order valence-electron chi connectivity index (χ4n) is 3.21. The van der Waals surface area contributed by atoms with Gasteiger partial charge in [0.25, 0.3) is 5.91 Å². The zero-order chi connectivity index (χ0) is 20.4. The van der Waals surface area contributed by atoms with Gasteiger partial charge in [0.2, 0.25) is 0 Å². The molecule has 146 valence electrons. The van der Waals surface area contributed by atoms with Crippen molar-refractivity contribution in [3.8, 4) is 11.4 Å². The molecule has 1 N–H and O–H groups in total. The van der Waals surface area contributed by atoms with E-state index in [2.05, 4.69) is 15.4 Å². The van der Waals surface area contributed by atoms with Gasteiger partial charge in [-0.15, -0.1) is 0 Å². The number of rotatable bonds is 5. The number of hydrogen-bond donors (Lipinski definition) is 1. The Bertz CT molecular complexity index is 1130. The number of benzene rings is 2. The molecule has 0 aliphatic carbocycles. The minimum Gasteiger partial charge on any atom is -0.345 e. The topological polar surface area (TPSA) is 64.7 Å². The Morgan fingerprint density at radius 3 is 2.62 bits per heavy atom. The molecule has 6 nitrogen and oxygen atoms in total. The second kappa shape index (κ2) is 7.93. The summed E-state index contributed by atoms with van der Waals surface area (Å²) in [6.07, 6.45) is 6.96. The number of aromatic nitrogens is 4. The Morgan fingerprint density at radius 1 is 1.14 bits per heavy atom. The predicted molar refractivity (Wildman–Crippen MR) is 113 cm³/mol. The average Bonchev–Trinajstić information content (AvgIpc) is 3.38. The quantitative estimate of drug-likeness (QED) is 0.531. The number of halogens is 1. The first-order valence-corrected chi connectivity index (χ1v) is 9.60. The molecule has 0 aliphatic heterocycles. The van der Waals surface area contributed by atoms with Crippen molar-refractivity contribution in [2.75, 3.05) is 0 Å². The molecule has 1 amide bonds. The number of carbonyl (C=O) groups is 1. The molecule has 0 radical (unpaired) electrons. The molecule has 29 heavy (non-hydrogen) atoms. The van der Waals surface area contributed by atoms with Crippen LogP contribution in [0.25, 0.3) is 11.4 Å². The summed E-state index contributed by atoms with van der Waals surface area (Å²) in [6.45, 7) is 3.83. The van der Waals surface area contributed by atoms with Gasteiger partial charge in [0.1, 0.15) is 0 Å². The highest BCUT2D eigenvalue weighted by molar-refractivity contribution is 6.30. The summed E-state index contributed by atoms with van der Waals surface area (Å²) >= 11 is 6.07. The van der Waals surface area contributed by atoms with E-state index in [9.17, 15) is 4.79 Å². The highest BCUT2D eigenvalue weighted by Gasteiger charge is 2.18. The second-order valence-corrected chi connectivity index (χ2v) is 7.23. The van der Waals surface area contributed by atoms with E-state index in [1.165, 1.54) is 0 Å². The molecule has 4 aromatic rings. The van der Waals surface area contributed by atoms with Crippen molar-refractivity contribution in [3.05, 3.63) is 95.3 Å². The first-order valence-electron chi connectivity index (χ1n) is 9.22. The van der Waals surface area contributed by atoms with Gasteiger partial charge in [-0.3, -0.25) is 4.79 Å². The molecular weight excluding hydrogens is 386 g/mol. The Morgan fingerprint density at radius 2 is 1.93 bits per heavy atom. The summed E-state index contributed by atoms with van der Waals surface area (Å²) in [4.78, 5) is 16.9. The van der Waals surface area contributed by atoms with Crippen LogP contribution in [0, 0.1) is 6.92 Å². The van der Waals surface area contributed by atoms with Crippen molar-refractivity contribution >= 4 is 17.5 Å². The third kappa shape index (κ3) is 3.93. The van der Waals surface area contributed by atoms with Gasteiger partial charge in [-0.1, -0.05) is 29.8 Å². The van der Waals surface area contributed by atoms with Crippen molar-refractivity contribution in [1.29, 1.82) is 0 Å². The Hall–Kier alpha value is -3.38. The maximum atomic E-state index is 12.8. The predicted octanol–water partition coefficient (Wildman–Crippen LogP) is 4.51. The minimum absolute atomic E-state index is 0.145. The molecular formula is C22H20ClN5O. The standard InChI is InChI=1S/C22H20ClN5O/c1-15(17-6-8-19(9-7-17)27-11-10-24-14-27)26-22(29)21-13-25-28(16(21)2)20-5-3-4-18(23)12-20/h3-15H,1-2H3,(H,26,29). The van der Waals surface area contributed by atoms with Crippen molar-refractivity contribution in [2.45, 2.75) is 19.9 Å². The molecule has 0 spiro atoms. The van der Waals surface area contributed by atoms with Gasteiger partial charge in [0.15, 0.2) is 0 Å². The van der Waals surface area contributed by atoms with Crippen molar-refractivity contribution in [3.63, 3.8) is 0 Å². The van der Waals surface area contributed by atoms with Crippen LogP contribution in [0.4, 0.5) is 0 Å². The molecule has 1 atom stereocenters. The number of carbonyl (C=O) groups excluding carboxylic acids is 1. The Kier molecular flexibility index (Phi) is 5.18. The van der Waals surface area contributed by atoms with Gasteiger partial charge in [0, 0.05) is 23.1 Å². The number of nitrogens with zero attached hydrogens (tertiary/aromatic N) is 4. The highest BCUT2D eigenvalue weighted by atomic mass is 35.5. The normalized spacial score (nSPS) is 12.0. The number of amides is 1. The minimum atomic E-state index is -0.165. The molecule has 0 fully saturated rings. The van der Waals surface area contributed by atoms with Crippen LogP contribution in [0.5, 0.6) is 0 Å². The fourth-order valence-corrected chi connectivity index (χ4v) is 3.39. The van der Waals surface area contributed by atoms with Crippen molar-refractivity contribution in [2.24, 2.45) is 0 Å². The van der Waals surface area contributed by atoms with Crippen molar-refractivity contribution in [1.82, 2.24) is 24.6 Å². The molecule has 0 bridgehead atoms. The van der Waals surface area contributed by atoms with Gasteiger partial charge in [-0.05, 0) is 49.7 Å². The number of hydrogen-bond acceptors (Lipinski definition) is 3. The van der Waals surface area contributed by atoms with E-state index in [0.717, 1.165) is 22.6 Å². The molecule has 4 rings (SSSR count). The lowest BCUT2D eigenvalue weighted by Crippen LogP contribution is -2.27. The molecule has 0 saturated carbocycles. The molecule has 7 heteroatoms.